The molecule has 0 aliphatic carbocycles. The van der Waals surface area contributed by atoms with E-state index in [1.807, 2.05) is 0 Å². The largest absolute Gasteiger partial charge is 0.353 e. The maximum Gasteiger partial charge on any atom is 0.149 e. The van der Waals surface area contributed by atoms with Crippen LogP contribution in [0.1, 0.15) is 12.0 Å². The Balaban J connectivity index is 1.42. The van der Waals surface area contributed by atoms with Crippen molar-refractivity contribution in [2.75, 3.05) is 37.6 Å². The highest BCUT2D eigenvalue weighted by atomic mass is 35.5. The van der Waals surface area contributed by atoms with Crippen LogP contribution in [0.3, 0.4) is 0 Å². The zero-order chi connectivity index (χ0) is 15.2. The average molecular weight is 317 g/mol. The fourth-order valence-electron chi connectivity index (χ4n) is 2.84. The Hall–Kier alpha value is -1.65. The van der Waals surface area contributed by atoms with Gasteiger partial charge in [-0.15, -0.1) is 0 Å². The van der Waals surface area contributed by atoms with E-state index in [0.717, 1.165) is 45.0 Å². The second kappa shape index (κ2) is 7.56. The molecule has 0 spiro atoms. The molecule has 0 unspecified atom stereocenters. The Kier molecular flexibility index (Phi) is 5.24. The van der Waals surface area contributed by atoms with E-state index in [2.05, 4.69) is 50.1 Å². The molecule has 1 fully saturated rings. The van der Waals surface area contributed by atoms with Crippen molar-refractivity contribution >= 4 is 17.4 Å². The Morgan fingerprint density at radius 3 is 2.50 bits per heavy atom. The van der Waals surface area contributed by atoms with Gasteiger partial charge in [-0.25, -0.2) is 4.98 Å². The maximum atomic E-state index is 5.91. The van der Waals surface area contributed by atoms with Crippen LogP contribution in [-0.2, 0) is 6.42 Å². The standard InChI is InChI=1S/C17H21ClN4/c18-16-13-19-14-17(20-16)22-11-9-21(10-12-22)8-4-7-15-5-2-1-3-6-15/h1-3,5-6,13-14H,4,7-12H2. The van der Waals surface area contributed by atoms with Crippen molar-refractivity contribution < 1.29 is 0 Å². The molecule has 0 N–H and O–H groups in total. The molecule has 1 aliphatic rings. The second-order valence-corrected chi connectivity index (χ2v) is 6.01. The average Bonchev–Trinajstić information content (AvgIpc) is 2.56. The van der Waals surface area contributed by atoms with Gasteiger partial charge in [0.05, 0.1) is 12.4 Å². The molecule has 0 amide bonds. The first-order valence-electron chi connectivity index (χ1n) is 7.80. The van der Waals surface area contributed by atoms with Gasteiger partial charge in [-0.3, -0.25) is 9.88 Å². The fraction of sp³-hybridized carbons (Fsp3) is 0.412. The smallest absolute Gasteiger partial charge is 0.149 e. The lowest BCUT2D eigenvalue weighted by molar-refractivity contribution is 0.254. The minimum Gasteiger partial charge on any atom is -0.353 e. The molecule has 4 nitrogen and oxygen atoms in total. The quantitative estimate of drug-likeness (QED) is 0.849. The van der Waals surface area contributed by atoms with Crippen LogP contribution in [0.4, 0.5) is 5.82 Å². The molecule has 1 aliphatic heterocycles. The van der Waals surface area contributed by atoms with Gasteiger partial charge >= 0.3 is 0 Å². The molecule has 1 aromatic heterocycles. The third-order valence-electron chi connectivity index (χ3n) is 4.07. The minimum absolute atomic E-state index is 0.461. The van der Waals surface area contributed by atoms with Crippen LogP contribution in [0, 0.1) is 0 Å². The molecule has 0 atom stereocenters. The minimum atomic E-state index is 0.461. The number of benzene rings is 1. The van der Waals surface area contributed by atoms with Crippen LogP contribution in [0.15, 0.2) is 42.7 Å². The highest BCUT2D eigenvalue weighted by Gasteiger charge is 2.17. The van der Waals surface area contributed by atoms with Crippen LogP contribution in [-0.4, -0.2) is 47.6 Å². The zero-order valence-electron chi connectivity index (χ0n) is 12.7. The Morgan fingerprint density at radius 2 is 1.77 bits per heavy atom. The third kappa shape index (κ3) is 4.18. The summed E-state index contributed by atoms with van der Waals surface area (Å²) >= 11 is 5.91. The number of rotatable bonds is 5. The molecule has 0 bridgehead atoms. The van der Waals surface area contributed by atoms with E-state index in [4.69, 9.17) is 11.6 Å². The fourth-order valence-corrected chi connectivity index (χ4v) is 2.98. The van der Waals surface area contributed by atoms with E-state index in [-0.39, 0.29) is 0 Å². The predicted molar refractivity (Wildman–Crippen MR) is 90.5 cm³/mol. The number of hydrogen-bond donors (Lipinski definition) is 0. The van der Waals surface area contributed by atoms with Crippen molar-refractivity contribution in [3.63, 3.8) is 0 Å². The van der Waals surface area contributed by atoms with Gasteiger partial charge in [0.1, 0.15) is 11.0 Å². The van der Waals surface area contributed by atoms with E-state index < -0.39 is 0 Å². The normalized spacial score (nSPS) is 16.0. The summed E-state index contributed by atoms with van der Waals surface area (Å²) in [5.74, 6) is 0.886. The number of anilines is 1. The molecule has 2 aromatic rings. The summed E-state index contributed by atoms with van der Waals surface area (Å²) in [4.78, 5) is 13.2. The van der Waals surface area contributed by atoms with Crippen LogP contribution < -0.4 is 4.90 Å². The highest BCUT2D eigenvalue weighted by molar-refractivity contribution is 6.29. The molecular weight excluding hydrogens is 296 g/mol. The van der Waals surface area contributed by atoms with Crippen LogP contribution in [0.2, 0.25) is 5.15 Å². The lowest BCUT2D eigenvalue weighted by Crippen LogP contribution is -2.47. The Morgan fingerprint density at radius 1 is 1.00 bits per heavy atom. The van der Waals surface area contributed by atoms with Crippen molar-refractivity contribution in [1.82, 2.24) is 14.9 Å². The number of aromatic nitrogens is 2. The van der Waals surface area contributed by atoms with Crippen molar-refractivity contribution in [3.8, 4) is 0 Å². The van der Waals surface area contributed by atoms with Crippen molar-refractivity contribution in [2.24, 2.45) is 0 Å². The summed E-state index contributed by atoms with van der Waals surface area (Å²) in [6, 6.07) is 10.7. The number of nitrogens with zero attached hydrogens (tertiary/aromatic N) is 4. The Bertz CT molecular complexity index is 582. The molecule has 2 heterocycles. The first kappa shape index (κ1) is 15.3. The maximum absolute atomic E-state index is 5.91. The van der Waals surface area contributed by atoms with Crippen LogP contribution in [0.25, 0.3) is 0 Å². The van der Waals surface area contributed by atoms with Crippen molar-refractivity contribution in [1.29, 1.82) is 0 Å². The number of piperazine rings is 1. The molecule has 1 saturated heterocycles. The van der Waals surface area contributed by atoms with Crippen LogP contribution >= 0.6 is 11.6 Å². The van der Waals surface area contributed by atoms with E-state index >= 15 is 0 Å². The van der Waals surface area contributed by atoms with Gasteiger partial charge in [0.15, 0.2) is 0 Å². The monoisotopic (exact) mass is 316 g/mol. The van der Waals surface area contributed by atoms with Crippen molar-refractivity contribution in [3.05, 3.63) is 53.4 Å². The molecule has 5 heteroatoms. The van der Waals surface area contributed by atoms with Gasteiger partial charge in [0.2, 0.25) is 0 Å². The Labute approximate surface area is 136 Å². The summed E-state index contributed by atoms with van der Waals surface area (Å²) in [5.41, 5.74) is 1.43. The number of aryl methyl sites for hydroxylation is 1. The van der Waals surface area contributed by atoms with E-state index in [1.54, 1.807) is 12.4 Å². The van der Waals surface area contributed by atoms with Gasteiger partial charge in [-0.2, -0.15) is 0 Å². The molecular formula is C17H21ClN4. The topological polar surface area (TPSA) is 32.3 Å². The van der Waals surface area contributed by atoms with E-state index in [9.17, 15) is 0 Å². The van der Waals surface area contributed by atoms with E-state index in [1.165, 1.54) is 12.0 Å². The third-order valence-corrected chi connectivity index (χ3v) is 4.25. The predicted octanol–water partition coefficient (Wildman–Crippen LogP) is 2.88. The van der Waals surface area contributed by atoms with Crippen LogP contribution in [0.5, 0.6) is 0 Å². The van der Waals surface area contributed by atoms with Gasteiger partial charge in [-0.05, 0) is 24.9 Å². The summed E-state index contributed by atoms with van der Waals surface area (Å²) in [6.07, 6.45) is 5.73. The molecule has 116 valence electrons. The highest BCUT2D eigenvalue weighted by Crippen LogP contribution is 2.15. The molecule has 3 rings (SSSR count). The number of halogens is 1. The van der Waals surface area contributed by atoms with Gasteiger partial charge in [-0.1, -0.05) is 41.9 Å². The first-order chi connectivity index (χ1) is 10.8. The zero-order valence-corrected chi connectivity index (χ0v) is 13.4. The summed E-state index contributed by atoms with van der Waals surface area (Å²) in [7, 11) is 0. The summed E-state index contributed by atoms with van der Waals surface area (Å²) < 4.78 is 0. The van der Waals surface area contributed by atoms with Gasteiger partial charge in [0, 0.05) is 26.2 Å². The lowest BCUT2D eigenvalue weighted by Gasteiger charge is -2.35. The van der Waals surface area contributed by atoms with Gasteiger partial charge < -0.3 is 4.90 Å². The summed E-state index contributed by atoms with van der Waals surface area (Å²) in [5, 5.41) is 0.461. The molecule has 0 saturated carbocycles. The lowest BCUT2D eigenvalue weighted by atomic mass is 10.1. The first-order valence-corrected chi connectivity index (χ1v) is 8.18. The number of hydrogen-bond acceptors (Lipinski definition) is 4. The molecule has 0 radical (unpaired) electrons. The van der Waals surface area contributed by atoms with Gasteiger partial charge in [0.25, 0.3) is 0 Å². The molecule has 1 aromatic carbocycles. The molecule has 22 heavy (non-hydrogen) atoms. The van der Waals surface area contributed by atoms with Crippen molar-refractivity contribution in [2.45, 2.75) is 12.8 Å². The second-order valence-electron chi connectivity index (χ2n) is 5.62. The van der Waals surface area contributed by atoms with E-state index in [0.29, 0.717) is 5.15 Å². The SMILES string of the molecule is Clc1cncc(N2CCN(CCCc3ccccc3)CC2)n1. The summed E-state index contributed by atoms with van der Waals surface area (Å²) in [6.45, 7) is 5.27.